The van der Waals surface area contributed by atoms with Crippen molar-refractivity contribution in [2.45, 2.75) is 32.6 Å². The van der Waals surface area contributed by atoms with Gasteiger partial charge >= 0.3 is 0 Å². The van der Waals surface area contributed by atoms with Crippen molar-refractivity contribution in [2.24, 2.45) is 17.8 Å². The minimum Gasteiger partial charge on any atom is -0.342 e. The van der Waals surface area contributed by atoms with Gasteiger partial charge in [0, 0.05) is 25.6 Å². The van der Waals surface area contributed by atoms with E-state index in [1.807, 2.05) is 14.0 Å². The molecule has 1 saturated carbocycles. The van der Waals surface area contributed by atoms with Crippen LogP contribution in [0.1, 0.15) is 32.6 Å². The topological polar surface area (TPSA) is 32.3 Å². The second kappa shape index (κ2) is 6.60. The number of nitrogens with zero attached hydrogens (tertiary/aromatic N) is 1. The molecule has 100 valence electrons. The molecule has 3 unspecified atom stereocenters. The van der Waals surface area contributed by atoms with Crippen molar-refractivity contribution in [3.8, 4) is 0 Å². The number of hydrogen-bond donors (Lipinski definition) is 1. The summed E-state index contributed by atoms with van der Waals surface area (Å²) < 4.78 is 0. The Hall–Kier alpha value is -0.280. The molecule has 4 heteroatoms. The van der Waals surface area contributed by atoms with Crippen LogP contribution in [0.5, 0.6) is 0 Å². The summed E-state index contributed by atoms with van der Waals surface area (Å²) in [6.45, 7) is 4.88. The van der Waals surface area contributed by atoms with Crippen LogP contribution in [-0.4, -0.2) is 37.5 Å². The Morgan fingerprint density at radius 2 is 1.82 bits per heavy atom. The molecule has 2 rings (SSSR count). The van der Waals surface area contributed by atoms with Crippen molar-refractivity contribution in [3.05, 3.63) is 0 Å². The fourth-order valence-corrected chi connectivity index (χ4v) is 3.29. The van der Waals surface area contributed by atoms with Crippen LogP contribution in [0.4, 0.5) is 0 Å². The normalized spacial score (nSPS) is 29.4. The lowest BCUT2D eigenvalue weighted by Gasteiger charge is -2.22. The largest absolute Gasteiger partial charge is 0.342 e. The molecule has 1 aliphatic carbocycles. The first-order valence-corrected chi connectivity index (χ1v) is 6.65. The van der Waals surface area contributed by atoms with E-state index in [0.29, 0.717) is 5.91 Å². The lowest BCUT2D eigenvalue weighted by atomic mass is 9.82. The Labute approximate surface area is 111 Å². The van der Waals surface area contributed by atoms with Gasteiger partial charge in [0.05, 0.1) is 0 Å². The van der Waals surface area contributed by atoms with Gasteiger partial charge in [-0.3, -0.25) is 4.79 Å². The first-order valence-electron chi connectivity index (χ1n) is 6.65. The number of rotatable bonds is 3. The zero-order valence-corrected chi connectivity index (χ0v) is 11.8. The van der Waals surface area contributed by atoms with Gasteiger partial charge in [-0.2, -0.15) is 0 Å². The van der Waals surface area contributed by atoms with Crippen molar-refractivity contribution >= 4 is 18.3 Å². The first-order chi connectivity index (χ1) is 7.72. The Balaban J connectivity index is 0.00000144. The Morgan fingerprint density at radius 3 is 2.29 bits per heavy atom. The monoisotopic (exact) mass is 260 g/mol. The molecule has 0 spiro atoms. The second-order valence-electron chi connectivity index (χ2n) is 5.51. The third kappa shape index (κ3) is 3.35. The van der Waals surface area contributed by atoms with Crippen LogP contribution in [0.3, 0.4) is 0 Å². The molecule has 2 aliphatic rings. The zero-order chi connectivity index (χ0) is 11.5. The average Bonchev–Trinajstić information content (AvgIpc) is 2.71. The van der Waals surface area contributed by atoms with Crippen molar-refractivity contribution in [1.29, 1.82) is 0 Å². The lowest BCUT2D eigenvalue weighted by molar-refractivity contribution is -0.134. The summed E-state index contributed by atoms with van der Waals surface area (Å²) in [4.78, 5) is 14.3. The highest BCUT2D eigenvalue weighted by molar-refractivity contribution is 5.85. The van der Waals surface area contributed by atoms with Crippen molar-refractivity contribution in [2.75, 3.05) is 26.7 Å². The second-order valence-corrected chi connectivity index (χ2v) is 5.51. The summed E-state index contributed by atoms with van der Waals surface area (Å²) in [6.07, 6.45) is 5.42. The van der Waals surface area contributed by atoms with E-state index < -0.39 is 0 Å². The molecule has 1 N–H and O–H groups in total. The molecule has 2 fully saturated rings. The van der Waals surface area contributed by atoms with E-state index in [0.717, 1.165) is 31.5 Å². The number of hydrogen-bond acceptors (Lipinski definition) is 2. The zero-order valence-electron chi connectivity index (χ0n) is 10.9. The Kier molecular flexibility index (Phi) is 5.74. The van der Waals surface area contributed by atoms with E-state index in [-0.39, 0.29) is 18.3 Å². The van der Waals surface area contributed by atoms with Gasteiger partial charge in [-0.05, 0) is 31.7 Å². The van der Waals surface area contributed by atoms with Crippen molar-refractivity contribution < 1.29 is 4.79 Å². The average molecular weight is 261 g/mol. The predicted molar refractivity (Wildman–Crippen MR) is 72.4 cm³/mol. The molecular formula is C13H25ClN2O. The van der Waals surface area contributed by atoms with E-state index in [1.54, 1.807) is 0 Å². The van der Waals surface area contributed by atoms with Gasteiger partial charge in [0.2, 0.25) is 5.91 Å². The maximum Gasteiger partial charge on any atom is 0.226 e. The summed E-state index contributed by atoms with van der Waals surface area (Å²) >= 11 is 0. The van der Waals surface area contributed by atoms with Crippen LogP contribution in [0, 0.1) is 17.8 Å². The van der Waals surface area contributed by atoms with Gasteiger partial charge in [-0.1, -0.05) is 19.8 Å². The summed E-state index contributed by atoms with van der Waals surface area (Å²) in [5.74, 6) is 2.09. The third-order valence-corrected chi connectivity index (χ3v) is 4.22. The molecule has 0 bridgehead atoms. The molecule has 3 nitrogen and oxygen atoms in total. The maximum atomic E-state index is 12.2. The van der Waals surface area contributed by atoms with Crippen LogP contribution in [0.2, 0.25) is 0 Å². The van der Waals surface area contributed by atoms with E-state index in [4.69, 9.17) is 0 Å². The summed E-state index contributed by atoms with van der Waals surface area (Å²) in [5, 5.41) is 3.09. The number of likely N-dealkylation sites (tertiary alicyclic amines) is 1. The molecule has 1 amide bonds. The molecule has 1 heterocycles. The highest BCUT2D eigenvalue weighted by atomic mass is 35.5. The smallest absolute Gasteiger partial charge is 0.226 e. The number of amides is 1. The van der Waals surface area contributed by atoms with Crippen molar-refractivity contribution in [1.82, 2.24) is 10.2 Å². The minimum absolute atomic E-state index is 0. The minimum atomic E-state index is 0. The molecule has 0 aromatic heterocycles. The summed E-state index contributed by atoms with van der Waals surface area (Å²) in [7, 11) is 1.91. The number of fused-ring (bicyclic) bond motifs is 1. The van der Waals surface area contributed by atoms with E-state index in [9.17, 15) is 4.79 Å². The fourth-order valence-electron chi connectivity index (χ4n) is 3.29. The van der Waals surface area contributed by atoms with Gasteiger partial charge in [-0.25, -0.2) is 0 Å². The SMILES string of the molecule is CNCC(C)C(=O)N1CC2CCCCC2C1.Cl. The van der Waals surface area contributed by atoms with Crippen LogP contribution < -0.4 is 5.32 Å². The molecule has 0 aromatic carbocycles. The Morgan fingerprint density at radius 1 is 1.29 bits per heavy atom. The molecule has 0 radical (unpaired) electrons. The van der Waals surface area contributed by atoms with Crippen molar-refractivity contribution in [3.63, 3.8) is 0 Å². The maximum absolute atomic E-state index is 12.2. The van der Waals surface area contributed by atoms with Crippen LogP contribution in [0.25, 0.3) is 0 Å². The number of carbonyl (C=O) groups is 1. The quantitative estimate of drug-likeness (QED) is 0.841. The molecule has 1 saturated heterocycles. The fraction of sp³-hybridized carbons (Fsp3) is 0.923. The summed E-state index contributed by atoms with van der Waals surface area (Å²) in [5.41, 5.74) is 0. The number of carbonyl (C=O) groups excluding carboxylic acids is 1. The highest BCUT2D eigenvalue weighted by Gasteiger charge is 2.37. The number of nitrogens with one attached hydrogen (secondary N) is 1. The molecular weight excluding hydrogens is 236 g/mol. The molecule has 3 atom stereocenters. The highest BCUT2D eigenvalue weighted by Crippen LogP contribution is 2.36. The van der Waals surface area contributed by atoms with Crippen LogP contribution in [0.15, 0.2) is 0 Å². The number of halogens is 1. The van der Waals surface area contributed by atoms with Crippen LogP contribution in [-0.2, 0) is 4.79 Å². The Bertz CT molecular complexity index is 246. The van der Waals surface area contributed by atoms with E-state index in [2.05, 4.69) is 10.2 Å². The molecule has 1 aliphatic heterocycles. The predicted octanol–water partition coefficient (Wildman–Crippen LogP) is 1.91. The van der Waals surface area contributed by atoms with Gasteiger partial charge in [0.1, 0.15) is 0 Å². The van der Waals surface area contributed by atoms with Crippen LogP contribution >= 0.6 is 12.4 Å². The summed E-state index contributed by atoms with van der Waals surface area (Å²) in [6, 6.07) is 0. The molecule has 0 aromatic rings. The lowest BCUT2D eigenvalue weighted by Crippen LogP contribution is -2.37. The molecule has 17 heavy (non-hydrogen) atoms. The van der Waals surface area contributed by atoms with E-state index >= 15 is 0 Å². The first kappa shape index (κ1) is 14.8. The third-order valence-electron chi connectivity index (χ3n) is 4.22. The van der Waals surface area contributed by atoms with Gasteiger partial charge in [0.25, 0.3) is 0 Å². The standard InChI is InChI=1S/C13H24N2O.ClH/c1-10(7-14-2)13(16)15-8-11-5-3-4-6-12(11)9-15;/h10-12,14H,3-9H2,1-2H3;1H. The van der Waals surface area contributed by atoms with Gasteiger partial charge in [0.15, 0.2) is 0 Å². The van der Waals surface area contributed by atoms with Gasteiger partial charge in [-0.15, -0.1) is 12.4 Å². The van der Waals surface area contributed by atoms with Gasteiger partial charge < -0.3 is 10.2 Å². The van der Waals surface area contributed by atoms with E-state index in [1.165, 1.54) is 25.7 Å².